The summed E-state index contributed by atoms with van der Waals surface area (Å²) in [5.41, 5.74) is 1.01. The van der Waals surface area contributed by atoms with E-state index in [2.05, 4.69) is 5.32 Å². The Hall–Kier alpha value is -2.21. The molecule has 2 amide bonds. The lowest BCUT2D eigenvalue weighted by Gasteiger charge is -2.22. The summed E-state index contributed by atoms with van der Waals surface area (Å²) < 4.78 is 11.1. The summed E-state index contributed by atoms with van der Waals surface area (Å²) in [6.07, 6.45) is 0. The van der Waals surface area contributed by atoms with E-state index in [-0.39, 0.29) is 12.1 Å². The lowest BCUT2D eigenvalue weighted by atomic mass is 10.2. The molecule has 6 heteroatoms. The lowest BCUT2D eigenvalue weighted by molar-refractivity contribution is 0.171. The smallest absolute Gasteiger partial charge is 0.317 e. The number of nitrogens with zero attached hydrogens (tertiary/aromatic N) is 1. The van der Waals surface area contributed by atoms with Gasteiger partial charge < -0.3 is 19.7 Å². The van der Waals surface area contributed by atoms with Crippen molar-refractivity contribution >= 4 is 17.4 Å². The van der Waals surface area contributed by atoms with Crippen LogP contribution in [0.15, 0.2) is 35.7 Å². The maximum Gasteiger partial charge on any atom is 0.317 e. The number of hydrogen-bond acceptors (Lipinski definition) is 4. The summed E-state index contributed by atoms with van der Waals surface area (Å²) in [7, 11) is 1.79. The molecule has 0 bridgehead atoms. The summed E-state index contributed by atoms with van der Waals surface area (Å²) in [6.45, 7) is 3.64. The van der Waals surface area contributed by atoms with Crippen LogP contribution in [0, 0.1) is 0 Å². The van der Waals surface area contributed by atoms with Gasteiger partial charge in [0.05, 0.1) is 6.04 Å². The Morgan fingerprint density at radius 3 is 2.83 bits per heavy atom. The number of urea groups is 1. The van der Waals surface area contributed by atoms with Gasteiger partial charge in [0, 0.05) is 18.5 Å². The molecule has 0 saturated carbocycles. The minimum Gasteiger partial charge on any atom is -0.486 e. The molecule has 1 atom stereocenters. The fourth-order valence-electron chi connectivity index (χ4n) is 2.44. The van der Waals surface area contributed by atoms with E-state index in [1.807, 2.05) is 42.6 Å². The van der Waals surface area contributed by atoms with Crippen molar-refractivity contribution in [2.75, 3.05) is 20.3 Å². The third-order valence-electron chi connectivity index (χ3n) is 3.68. The molecule has 1 aliphatic rings. The Kier molecular flexibility index (Phi) is 4.71. The molecule has 3 rings (SSSR count). The van der Waals surface area contributed by atoms with Crippen LogP contribution in [0.5, 0.6) is 11.5 Å². The van der Waals surface area contributed by atoms with Crippen LogP contribution in [0.2, 0.25) is 0 Å². The first-order valence-electron chi connectivity index (χ1n) is 7.57. The third-order valence-corrected chi connectivity index (χ3v) is 4.74. The van der Waals surface area contributed by atoms with Gasteiger partial charge in [-0.15, -0.1) is 11.3 Å². The molecule has 2 aromatic rings. The fourth-order valence-corrected chi connectivity index (χ4v) is 3.17. The largest absolute Gasteiger partial charge is 0.486 e. The maximum atomic E-state index is 12.3. The first-order valence-corrected chi connectivity index (χ1v) is 8.45. The zero-order valence-electron chi connectivity index (χ0n) is 13.2. The highest BCUT2D eigenvalue weighted by Gasteiger charge is 2.16. The molecule has 2 heterocycles. The van der Waals surface area contributed by atoms with Crippen molar-refractivity contribution in [1.29, 1.82) is 0 Å². The second-order valence-electron chi connectivity index (χ2n) is 5.52. The van der Waals surface area contributed by atoms with E-state index < -0.39 is 0 Å². The molecule has 0 aliphatic carbocycles. The summed E-state index contributed by atoms with van der Waals surface area (Å²) in [6, 6.07) is 9.70. The van der Waals surface area contributed by atoms with E-state index in [1.165, 1.54) is 0 Å². The van der Waals surface area contributed by atoms with E-state index in [1.54, 1.807) is 23.3 Å². The van der Waals surface area contributed by atoms with Crippen molar-refractivity contribution in [3.8, 4) is 11.5 Å². The Labute approximate surface area is 139 Å². The second-order valence-corrected chi connectivity index (χ2v) is 6.50. The molecule has 1 aromatic carbocycles. The topological polar surface area (TPSA) is 50.8 Å². The highest BCUT2D eigenvalue weighted by Crippen LogP contribution is 2.31. The Bertz CT molecular complexity index is 672. The fraction of sp³-hybridized carbons (Fsp3) is 0.353. The molecule has 23 heavy (non-hydrogen) atoms. The van der Waals surface area contributed by atoms with E-state index >= 15 is 0 Å². The molecule has 0 saturated heterocycles. The number of thiophene rings is 1. The minimum absolute atomic E-state index is 0.00483. The number of rotatable bonds is 4. The predicted octanol–water partition coefficient (Wildman–Crippen LogP) is 3.42. The van der Waals surface area contributed by atoms with Gasteiger partial charge in [0.1, 0.15) is 13.2 Å². The molecule has 1 aliphatic heterocycles. The predicted molar refractivity (Wildman–Crippen MR) is 90.2 cm³/mol. The molecule has 0 spiro atoms. The van der Waals surface area contributed by atoms with Crippen molar-refractivity contribution in [3.05, 3.63) is 46.2 Å². The van der Waals surface area contributed by atoms with E-state index in [4.69, 9.17) is 9.47 Å². The number of amides is 2. The molecular weight excluding hydrogens is 312 g/mol. The van der Waals surface area contributed by atoms with Crippen LogP contribution in [-0.4, -0.2) is 31.2 Å². The van der Waals surface area contributed by atoms with Crippen LogP contribution >= 0.6 is 11.3 Å². The van der Waals surface area contributed by atoms with Crippen molar-refractivity contribution in [1.82, 2.24) is 10.2 Å². The van der Waals surface area contributed by atoms with Crippen LogP contribution in [0.3, 0.4) is 0 Å². The van der Waals surface area contributed by atoms with Crippen LogP contribution in [0.4, 0.5) is 4.79 Å². The van der Waals surface area contributed by atoms with Gasteiger partial charge in [-0.2, -0.15) is 0 Å². The van der Waals surface area contributed by atoms with E-state index in [0.29, 0.717) is 19.8 Å². The van der Waals surface area contributed by atoms with Gasteiger partial charge >= 0.3 is 6.03 Å². The Morgan fingerprint density at radius 2 is 2.09 bits per heavy atom. The summed E-state index contributed by atoms with van der Waals surface area (Å²) >= 11 is 1.64. The normalized spacial score (nSPS) is 14.2. The molecular formula is C17H20N2O3S. The zero-order valence-corrected chi connectivity index (χ0v) is 14.1. The number of fused-ring (bicyclic) bond motifs is 1. The van der Waals surface area contributed by atoms with Crippen molar-refractivity contribution < 1.29 is 14.3 Å². The van der Waals surface area contributed by atoms with Gasteiger partial charge in [-0.3, -0.25) is 0 Å². The van der Waals surface area contributed by atoms with Gasteiger partial charge in [0.2, 0.25) is 0 Å². The number of nitrogens with one attached hydrogen (secondary N) is 1. The standard InChI is InChI=1S/C17H20N2O3S/c1-12(16-4-3-9-23-16)18-17(20)19(2)11-13-5-6-14-15(10-13)22-8-7-21-14/h3-6,9-10,12H,7-8,11H2,1-2H3,(H,18,20)/t12-/m0/s1. The lowest BCUT2D eigenvalue weighted by Crippen LogP contribution is -2.38. The number of carbonyl (C=O) groups excluding carboxylic acids is 1. The van der Waals surface area contributed by atoms with Crippen LogP contribution in [-0.2, 0) is 6.54 Å². The molecule has 1 aromatic heterocycles. The van der Waals surface area contributed by atoms with Gasteiger partial charge in [0.15, 0.2) is 11.5 Å². The molecule has 0 fully saturated rings. The van der Waals surface area contributed by atoms with Gasteiger partial charge in [-0.05, 0) is 36.1 Å². The SMILES string of the molecule is C[C@H](NC(=O)N(C)Cc1ccc2c(c1)OCCO2)c1cccs1. The Morgan fingerprint density at radius 1 is 1.30 bits per heavy atom. The van der Waals surface area contributed by atoms with Crippen LogP contribution in [0.25, 0.3) is 0 Å². The van der Waals surface area contributed by atoms with Crippen LogP contribution in [0.1, 0.15) is 23.4 Å². The van der Waals surface area contributed by atoms with E-state index in [0.717, 1.165) is 21.9 Å². The minimum atomic E-state index is -0.0965. The average molecular weight is 332 g/mol. The van der Waals surface area contributed by atoms with Crippen molar-refractivity contribution in [2.45, 2.75) is 19.5 Å². The van der Waals surface area contributed by atoms with Crippen LogP contribution < -0.4 is 14.8 Å². The van der Waals surface area contributed by atoms with E-state index in [9.17, 15) is 4.79 Å². The second kappa shape index (κ2) is 6.91. The Balaban J connectivity index is 1.60. The summed E-state index contributed by atoms with van der Waals surface area (Å²) in [4.78, 5) is 15.1. The summed E-state index contributed by atoms with van der Waals surface area (Å²) in [5.74, 6) is 1.51. The highest BCUT2D eigenvalue weighted by atomic mass is 32.1. The highest BCUT2D eigenvalue weighted by molar-refractivity contribution is 7.10. The van der Waals surface area contributed by atoms with Gasteiger partial charge in [0.25, 0.3) is 0 Å². The van der Waals surface area contributed by atoms with Crippen molar-refractivity contribution in [3.63, 3.8) is 0 Å². The summed E-state index contributed by atoms with van der Waals surface area (Å²) in [5, 5.41) is 5.02. The quantitative estimate of drug-likeness (QED) is 0.933. The number of hydrogen-bond donors (Lipinski definition) is 1. The van der Waals surface area contributed by atoms with Gasteiger partial charge in [-0.1, -0.05) is 12.1 Å². The monoisotopic (exact) mass is 332 g/mol. The number of benzene rings is 1. The third kappa shape index (κ3) is 3.76. The number of carbonyl (C=O) groups is 1. The first kappa shape index (κ1) is 15.7. The molecule has 0 radical (unpaired) electrons. The molecule has 1 N–H and O–H groups in total. The first-order chi connectivity index (χ1) is 11.1. The average Bonchev–Trinajstić information content (AvgIpc) is 3.09. The molecule has 5 nitrogen and oxygen atoms in total. The van der Waals surface area contributed by atoms with Crippen molar-refractivity contribution in [2.24, 2.45) is 0 Å². The molecule has 0 unspecified atom stereocenters. The molecule has 122 valence electrons. The number of ether oxygens (including phenoxy) is 2. The van der Waals surface area contributed by atoms with Gasteiger partial charge in [-0.25, -0.2) is 4.79 Å². The zero-order chi connectivity index (χ0) is 16.2. The maximum absolute atomic E-state index is 12.3.